The summed E-state index contributed by atoms with van der Waals surface area (Å²) in [5.74, 6) is -0.619. The van der Waals surface area contributed by atoms with Gasteiger partial charge in [0.05, 0.1) is 5.92 Å². The zero-order valence-electron chi connectivity index (χ0n) is 11.2. The summed E-state index contributed by atoms with van der Waals surface area (Å²) < 4.78 is 0. The van der Waals surface area contributed by atoms with Gasteiger partial charge in [-0.25, -0.2) is 0 Å². The van der Waals surface area contributed by atoms with Gasteiger partial charge in [0.2, 0.25) is 0 Å². The molecule has 0 bridgehead atoms. The van der Waals surface area contributed by atoms with E-state index in [9.17, 15) is 9.90 Å². The molecule has 0 radical (unpaired) electrons. The standard InChI is InChI=1S/C14H21NO2S/c1-4-11-5-6-13(18-11)10(3)15-7-9(2)12(8-15)14(16)17/h5-6,9-10,12H,4,7-8H2,1-3H3,(H,16,17)/t9-,10?,12-/m1/s1. The van der Waals surface area contributed by atoms with Gasteiger partial charge >= 0.3 is 5.97 Å². The third-order valence-corrected chi connectivity index (χ3v) is 5.35. The maximum absolute atomic E-state index is 11.1. The van der Waals surface area contributed by atoms with E-state index < -0.39 is 5.97 Å². The molecule has 0 aromatic carbocycles. The van der Waals surface area contributed by atoms with Gasteiger partial charge in [-0.3, -0.25) is 9.69 Å². The van der Waals surface area contributed by atoms with Gasteiger partial charge in [0.25, 0.3) is 0 Å². The van der Waals surface area contributed by atoms with Crippen LogP contribution in [-0.2, 0) is 11.2 Å². The number of carboxylic acid groups (broad SMARTS) is 1. The molecule has 4 heteroatoms. The fourth-order valence-corrected chi connectivity index (χ4v) is 3.67. The van der Waals surface area contributed by atoms with Crippen molar-refractivity contribution < 1.29 is 9.90 Å². The van der Waals surface area contributed by atoms with Crippen molar-refractivity contribution in [3.8, 4) is 0 Å². The molecule has 1 aliphatic rings. The molecule has 3 atom stereocenters. The molecule has 18 heavy (non-hydrogen) atoms. The third-order valence-electron chi connectivity index (χ3n) is 3.95. The van der Waals surface area contributed by atoms with Crippen molar-refractivity contribution in [2.75, 3.05) is 13.1 Å². The molecule has 1 aromatic heterocycles. The molecule has 1 fully saturated rings. The van der Waals surface area contributed by atoms with Gasteiger partial charge in [0.15, 0.2) is 0 Å². The fraction of sp³-hybridized carbons (Fsp3) is 0.643. The van der Waals surface area contributed by atoms with E-state index in [1.807, 2.05) is 18.3 Å². The topological polar surface area (TPSA) is 40.5 Å². The monoisotopic (exact) mass is 267 g/mol. The average molecular weight is 267 g/mol. The Labute approximate surface area is 112 Å². The third kappa shape index (κ3) is 2.59. The maximum Gasteiger partial charge on any atom is 0.308 e. The predicted molar refractivity (Wildman–Crippen MR) is 74.0 cm³/mol. The first kappa shape index (κ1) is 13.6. The molecular weight excluding hydrogens is 246 g/mol. The van der Waals surface area contributed by atoms with E-state index in [4.69, 9.17) is 0 Å². The Balaban J connectivity index is 2.06. The van der Waals surface area contributed by atoms with Crippen LogP contribution in [0.25, 0.3) is 0 Å². The van der Waals surface area contributed by atoms with E-state index in [0.29, 0.717) is 12.6 Å². The summed E-state index contributed by atoms with van der Waals surface area (Å²) in [6.45, 7) is 7.95. The Morgan fingerprint density at radius 3 is 2.78 bits per heavy atom. The van der Waals surface area contributed by atoms with Gasteiger partial charge in [0, 0.05) is 28.9 Å². The molecule has 100 valence electrons. The normalized spacial score (nSPS) is 26.4. The highest BCUT2D eigenvalue weighted by molar-refractivity contribution is 7.12. The number of rotatable bonds is 4. The molecule has 1 unspecified atom stereocenters. The van der Waals surface area contributed by atoms with E-state index in [1.165, 1.54) is 9.75 Å². The Morgan fingerprint density at radius 1 is 1.56 bits per heavy atom. The lowest BCUT2D eigenvalue weighted by atomic mass is 9.99. The zero-order valence-corrected chi connectivity index (χ0v) is 12.0. The van der Waals surface area contributed by atoms with Gasteiger partial charge in [-0.2, -0.15) is 0 Å². The van der Waals surface area contributed by atoms with Crippen LogP contribution in [0.15, 0.2) is 12.1 Å². The van der Waals surface area contributed by atoms with Crippen molar-refractivity contribution in [3.05, 3.63) is 21.9 Å². The molecule has 0 aliphatic carbocycles. The molecule has 3 nitrogen and oxygen atoms in total. The molecule has 2 heterocycles. The summed E-state index contributed by atoms with van der Waals surface area (Å²) in [5, 5.41) is 9.17. The summed E-state index contributed by atoms with van der Waals surface area (Å²) in [6.07, 6.45) is 1.07. The average Bonchev–Trinajstić information content (AvgIpc) is 2.94. The number of aryl methyl sites for hydroxylation is 1. The second-order valence-corrected chi connectivity index (χ2v) is 6.41. The van der Waals surface area contributed by atoms with Gasteiger partial charge in [-0.1, -0.05) is 13.8 Å². The summed E-state index contributed by atoms with van der Waals surface area (Å²) in [4.78, 5) is 16.2. The van der Waals surface area contributed by atoms with Crippen LogP contribution in [0.5, 0.6) is 0 Å². The summed E-state index contributed by atoms with van der Waals surface area (Å²) >= 11 is 1.85. The molecule has 1 N–H and O–H groups in total. The Kier molecular flexibility index (Phi) is 4.07. The number of nitrogens with zero attached hydrogens (tertiary/aromatic N) is 1. The zero-order chi connectivity index (χ0) is 13.3. The lowest BCUT2D eigenvalue weighted by Gasteiger charge is -2.23. The second kappa shape index (κ2) is 5.41. The largest absolute Gasteiger partial charge is 0.481 e. The molecule has 0 spiro atoms. The minimum Gasteiger partial charge on any atom is -0.481 e. The molecule has 1 aliphatic heterocycles. The lowest BCUT2D eigenvalue weighted by Crippen LogP contribution is -2.25. The highest BCUT2D eigenvalue weighted by Gasteiger charge is 2.37. The minimum atomic E-state index is -0.655. The Hall–Kier alpha value is -0.870. The van der Waals surface area contributed by atoms with Crippen LogP contribution in [0.4, 0.5) is 0 Å². The van der Waals surface area contributed by atoms with Gasteiger partial charge in [-0.05, 0) is 31.4 Å². The summed E-state index contributed by atoms with van der Waals surface area (Å²) in [5.41, 5.74) is 0. The van der Waals surface area contributed by atoms with Crippen LogP contribution in [-0.4, -0.2) is 29.1 Å². The van der Waals surface area contributed by atoms with Crippen LogP contribution in [0, 0.1) is 11.8 Å². The highest BCUT2D eigenvalue weighted by Crippen LogP contribution is 2.34. The maximum atomic E-state index is 11.1. The van der Waals surface area contributed by atoms with E-state index in [2.05, 4.69) is 30.9 Å². The summed E-state index contributed by atoms with van der Waals surface area (Å²) in [7, 11) is 0. The molecule has 0 saturated carbocycles. The second-order valence-electron chi connectivity index (χ2n) is 5.21. The molecule has 2 rings (SSSR count). The highest BCUT2D eigenvalue weighted by atomic mass is 32.1. The number of carboxylic acids is 1. The lowest BCUT2D eigenvalue weighted by molar-refractivity contribution is -0.142. The van der Waals surface area contributed by atoms with Crippen LogP contribution in [0.3, 0.4) is 0 Å². The van der Waals surface area contributed by atoms with Crippen LogP contribution >= 0.6 is 11.3 Å². The number of carbonyl (C=O) groups is 1. The van der Waals surface area contributed by atoms with Crippen molar-refractivity contribution >= 4 is 17.3 Å². The quantitative estimate of drug-likeness (QED) is 0.911. The summed E-state index contributed by atoms with van der Waals surface area (Å²) in [6, 6.07) is 4.71. The smallest absolute Gasteiger partial charge is 0.308 e. The van der Waals surface area contributed by atoms with Crippen molar-refractivity contribution in [1.82, 2.24) is 4.90 Å². The van der Waals surface area contributed by atoms with Crippen LogP contribution in [0.2, 0.25) is 0 Å². The van der Waals surface area contributed by atoms with Crippen molar-refractivity contribution in [3.63, 3.8) is 0 Å². The molecular formula is C14H21NO2S. The number of hydrogen-bond acceptors (Lipinski definition) is 3. The van der Waals surface area contributed by atoms with E-state index >= 15 is 0 Å². The Morgan fingerprint density at radius 2 is 2.28 bits per heavy atom. The number of thiophene rings is 1. The van der Waals surface area contributed by atoms with Gasteiger partial charge in [0.1, 0.15) is 0 Å². The van der Waals surface area contributed by atoms with Gasteiger partial charge < -0.3 is 5.11 Å². The van der Waals surface area contributed by atoms with E-state index in [-0.39, 0.29) is 11.8 Å². The molecule has 0 amide bonds. The van der Waals surface area contributed by atoms with E-state index in [1.54, 1.807) is 0 Å². The van der Waals surface area contributed by atoms with Crippen molar-refractivity contribution in [2.45, 2.75) is 33.2 Å². The molecule has 1 saturated heterocycles. The minimum absolute atomic E-state index is 0.210. The van der Waals surface area contributed by atoms with Crippen molar-refractivity contribution in [1.29, 1.82) is 0 Å². The van der Waals surface area contributed by atoms with E-state index in [0.717, 1.165) is 13.0 Å². The van der Waals surface area contributed by atoms with Gasteiger partial charge in [-0.15, -0.1) is 11.3 Å². The first-order chi connectivity index (χ1) is 8.52. The fourth-order valence-electron chi connectivity index (χ4n) is 2.63. The van der Waals surface area contributed by atoms with Crippen molar-refractivity contribution in [2.24, 2.45) is 11.8 Å². The Bertz CT molecular complexity index is 429. The molecule has 1 aromatic rings. The number of likely N-dealkylation sites (tertiary alicyclic amines) is 1. The first-order valence-electron chi connectivity index (χ1n) is 6.58. The first-order valence-corrected chi connectivity index (χ1v) is 7.40. The van der Waals surface area contributed by atoms with Crippen LogP contribution < -0.4 is 0 Å². The number of hydrogen-bond donors (Lipinski definition) is 1. The SMILES string of the molecule is CCc1ccc(C(C)N2C[C@@H](C)[C@H](C(=O)O)C2)s1. The van der Waals surface area contributed by atoms with Crippen LogP contribution in [0.1, 0.15) is 36.6 Å². The number of aliphatic carboxylic acids is 1. The predicted octanol–water partition coefficient (Wildman–Crippen LogP) is 3.02.